The lowest BCUT2D eigenvalue weighted by molar-refractivity contribution is 0.0135. The largest absolute Gasteiger partial charge is 0.383 e. The molecular formula is C22H21NO2. The van der Waals surface area contributed by atoms with Gasteiger partial charge in [-0.3, -0.25) is 4.79 Å². The third-order valence-corrected chi connectivity index (χ3v) is 5.08. The monoisotopic (exact) mass is 331 g/mol. The Hall–Kier alpha value is -2.65. The quantitative estimate of drug-likeness (QED) is 0.746. The molecule has 1 amide bonds. The number of carbonyl (C=O) groups is 1. The van der Waals surface area contributed by atoms with Gasteiger partial charge < -0.3 is 10.4 Å². The lowest BCUT2D eigenvalue weighted by Crippen LogP contribution is -2.42. The van der Waals surface area contributed by atoms with E-state index >= 15 is 0 Å². The van der Waals surface area contributed by atoms with Crippen LogP contribution in [0.3, 0.4) is 0 Å². The van der Waals surface area contributed by atoms with Gasteiger partial charge in [0.05, 0.1) is 6.54 Å². The molecule has 0 aliphatic heterocycles. The van der Waals surface area contributed by atoms with E-state index in [1.807, 2.05) is 72.8 Å². The van der Waals surface area contributed by atoms with E-state index in [9.17, 15) is 9.90 Å². The van der Waals surface area contributed by atoms with Crippen LogP contribution in [0.5, 0.6) is 0 Å². The van der Waals surface area contributed by atoms with E-state index < -0.39 is 5.60 Å². The van der Waals surface area contributed by atoms with Crippen LogP contribution in [0, 0.1) is 5.92 Å². The molecule has 0 saturated heterocycles. The predicted octanol–water partition coefficient (Wildman–Crippen LogP) is 3.87. The van der Waals surface area contributed by atoms with Crippen molar-refractivity contribution in [2.45, 2.75) is 18.4 Å². The van der Waals surface area contributed by atoms with Crippen LogP contribution in [0.15, 0.2) is 72.8 Å². The van der Waals surface area contributed by atoms with Crippen molar-refractivity contribution >= 4 is 16.7 Å². The zero-order valence-electron chi connectivity index (χ0n) is 14.0. The highest BCUT2D eigenvalue weighted by Gasteiger charge is 2.45. The van der Waals surface area contributed by atoms with Gasteiger partial charge in [0.1, 0.15) is 5.60 Å². The van der Waals surface area contributed by atoms with E-state index in [1.165, 1.54) is 0 Å². The summed E-state index contributed by atoms with van der Waals surface area (Å²) in [6.45, 7) is 0.226. The molecule has 2 N–H and O–H groups in total. The Morgan fingerprint density at radius 1 is 0.960 bits per heavy atom. The summed E-state index contributed by atoms with van der Waals surface area (Å²) in [6.07, 6.45) is 1.99. The molecule has 3 aromatic rings. The zero-order chi connectivity index (χ0) is 17.3. The van der Waals surface area contributed by atoms with E-state index in [4.69, 9.17) is 0 Å². The van der Waals surface area contributed by atoms with Gasteiger partial charge in [-0.25, -0.2) is 0 Å². The SMILES string of the molecule is O=C(NC[C@](O)(c1ccccc1)C1CC1)c1cccc2ccccc12. The third-order valence-electron chi connectivity index (χ3n) is 5.08. The van der Waals surface area contributed by atoms with Crippen LogP contribution < -0.4 is 5.32 Å². The number of hydrogen-bond acceptors (Lipinski definition) is 2. The summed E-state index contributed by atoms with van der Waals surface area (Å²) in [7, 11) is 0. The molecule has 3 nitrogen and oxygen atoms in total. The van der Waals surface area contributed by atoms with Gasteiger partial charge in [0.2, 0.25) is 0 Å². The summed E-state index contributed by atoms with van der Waals surface area (Å²) < 4.78 is 0. The molecule has 126 valence electrons. The average Bonchev–Trinajstić information content (AvgIpc) is 3.52. The maximum absolute atomic E-state index is 12.8. The van der Waals surface area contributed by atoms with Gasteiger partial charge >= 0.3 is 0 Å². The third kappa shape index (κ3) is 3.03. The van der Waals surface area contributed by atoms with Crippen LogP contribution in [-0.4, -0.2) is 17.6 Å². The van der Waals surface area contributed by atoms with Crippen LogP contribution >= 0.6 is 0 Å². The molecule has 1 aliphatic carbocycles. The predicted molar refractivity (Wildman–Crippen MR) is 99.3 cm³/mol. The number of carbonyl (C=O) groups excluding carboxylic acids is 1. The molecule has 0 aromatic heterocycles. The minimum atomic E-state index is -0.999. The lowest BCUT2D eigenvalue weighted by atomic mass is 9.88. The van der Waals surface area contributed by atoms with Gasteiger partial charge in [0, 0.05) is 5.56 Å². The highest BCUT2D eigenvalue weighted by molar-refractivity contribution is 6.07. The second kappa shape index (κ2) is 6.34. The van der Waals surface area contributed by atoms with Crippen molar-refractivity contribution < 1.29 is 9.90 Å². The Balaban J connectivity index is 1.58. The van der Waals surface area contributed by atoms with Gasteiger partial charge in [-0.1, -0.05) is 66.7 Å². The van der Waals surface area contributed by atoms with E-state index in [1.54, 1.807) is 0 Å². The molecule has 25 heavy (non-hydrogen) atoms. The molecule has 0 radical (unpaired) electrons. The molecule has 1 aliphatic rings. The molecule has 0 unspecified atom stereocenters. The van der Waals surface area contributed by atoms with Crippen molar-refractivity contribution in [3.05, 3.63) is 83.9 Å². The standard InChI is InChI=1S/C22H21NO2/c24-21(20-12-6-8-16-7-4-5-11-19(16)20)23-15-22(25,18-13-14-18)17-9-2-1-3-10-17/h1-12,18,25H,13-15H2,(H,23,24)/t22-/m0/s1. The molecule has 3 heteroatoms. The average molecular weight is 331 g/mol. The van der Waals surface area contributed by atoms with E-state index in [2.05, 4.69) is 5.32 Å². The molecule has 0 spiro atoms. The second-order valence-corrected chi connectivity index (χ2v) is 6.77. The van der Waals surface area contributed by atoms with Gasteiger partial charge in [-0.05, 0) is 41.2 Å². The highest BCUT2D eigenvalue weighted by Crippen LogP contribution is 2.45. The first-order valence-electron chi connectivity index (χ1n) is 8.72. The van der Waals surface area contributed by atoms with Crippen LogP contribution in [0.1, 0.15) is 28.8 Å². The maximum atomic E-state index is 12.8. The molecule has 3 aromatic carbocycles. The van der Waals surface area contributed by atoms with Crippen molar-refractivity contribution in [1.82, 2.24) is 5.32 Å². The van der Waals surface area contributed by atoms with Crippen LogP contribution in [-0.2, 0) is 5.60 Å². The first kappa shape index (κ1) is 15.9. The van der Waals surface area contributed by atoms with Crippen molar-refractivity contribution in [1.29, 1.82) is 0 Å². The Kier molecular flexibility index (Phi) is 4.02. The second-order valence-electron chi connectivity index (χ2n) is 6.77. The summed E-state index contributed by atoms with van der Waals surface area (Å²) in [5.74, 6) is 0.0644. The molecule has 0 bridgehead atoms. The maximum Gasteiger partial charge on any atom is 0.252 e. The molecule has 1 saturated carbocycles. The number of aliphatic hydroxyl groups is 1. The fourth-order valence-electron chi connectivity index (χ4n) is 3.50. The number of amides is 1. The number of rotatable bonds is 5. The van der Waals surface area contributed by atoms with Gasteiger partial charge in [-0.2, -0.15) is 0 Å². The fraction of sp³-hybridized carbons (Fsp3) is 0.227. The summed E-state index contributed by atoms with van der Waals surface area (Å²) in [6, 6.07) is 23.2. The lowest BCUT2D eigenvalue weighted by Gasteiger charge is -2.29. The molecule has 1 fully saturated rings. The Morgan fingerprint density at radius 3 is 2.40 bits per heavy atom. The van der Waals surface area contributed by atoms with Crippen molar-refractivity contribution in [3.63, 3.8) is 0 Å². The van der Waals surface area contributed by atoms with Crippen LogP contribution in [0.2, 0.25) is 0 Å². The topological polar surface area (TPSA) is 49.3 Å². The van der Waals surface area contributed by atoms with E-state index in [0.29, 0.717) is 5.56 Å². The van der Waals surface area contributed by atoms with E-state index in [-0.39, 0.29) is 18.4 Å². The minimum absolute atomic E-state index is 0.146. The molecule has 4 rings (SSSR count). The Morgan fingerprint density at radius 2 is 1.64 bits per heavy atom. The first-order chi connectivity index (χ1) is 12.2. The summed E-state index contributed by atoms with van der Waals surface area (Å²) >= 11 is 0. The summed E-state index contributed by atoms with van der Waals surface area (Å²) in [4.78, 5) is 12.8. The number of fused-ring (bicyclic) bond motifs is 1. The van der Waals surface area contributed by atoms with Crippen LogP contribution in [0.25, 0.3) is 10.8 Å². The van der Waals surface area contributed by atoms with E-state index in [0.717, 1.165) is 29.2 Å². The van der Waals surface area contributed by atoms with Gasteiger partial charge in [0.15, 0.2) is 0 Å². The van der Waals surface area contributed by atoms with Crippen LogP contribution in [0.4, 0.5) is 0 Å². The van der Waals surface area contributed by atoms with Gasteiger partial charge in [-0.15, -0.1) is 0 Å². The number of benzene rings is 3. The van der Waals surface area contributed by atoms with Gasteiger partial charge in [0.25, 0.3) is 5.91 Å². The fourth-order valence-corrected chi connectivity index (χ4v) is 3.50. The smallest absolute Gasteiger partial charge is 0.252 e. The highest BCUT2D eigenvalue weighted by atomic mass is 16.3. The molecule has 0 heterocycles. The molecular weight excluding hydrogens is 310 g/mol. The summed E-state index contributed by atoms with van der Waals surface area (Å²) in [5, 5.41) is 16.1. The number of nitrogens with one attached hydrogen (secondary N) is 1. The summed E-state index contributed by atoms with van der Waals surface area (Å²) in [5.41, 5.74) is 0.515. The van der Waals surface area contributed by atoms with Crippen molar-refractivity contribution in [3.8, 4) is 0 Å². The minimum Gasteiger partial charge on any atom is -0.383 e. The zero-order valence-corrected chi connectivity index (χ0v) is 14.0. The molecule has 1 atom stereocenters. The Labute approximate surface area is 147 Å². The Bertz CT molecular complexity index is 897. The number of hydrogen-bond donors (Lipinski definition) is 2. The first-order valence-corrected chi connectivity index (χ1v) is 8.72. The normalized spacial score (nSPS) is 16.4. The van der Waals surface area contributed by atoms with Crippen molar-refractivity contribution in [2.75, 3.05) is 6.54 Å². The van der Waals surface area contributed by atoms with Crippen molar-refractivity contribution in [2.24, 2.45) is 5.92 Å².